The van der Waals surface area contributed by atoms with E-state index in [1.807, 2.05) is 0 Å². The van der Waals surface area contributed by atoms with Crippen LogP contribution in [0, 0.1) is 0 Å². The quantitative estimate of drug-likeness (QED) is 0.628. The molecule has 52 valence electrons. The van der Waals surface area contributed by atoms with Crippen LogP contribution in [0.5, 0.6) is 0 Å². The fraction of sp³-hybridized carbons (Fsp3) is 0.400. The van der Waals surface area contributed by atoms with E-state index in [-0.39, 0.29) is 6.61 Å². The van der Waals surface area contributed by atoms with Crippen LogP contribution in [0.15, 0.2) is 11.1 Å². The molecule has 4 heteroatoms. The first kappa shape index (κ1) is 8.49. The molecule has 3 nitrogen and oxygen atoms in total. The van der Waals surface area contributed by atoms with Crippen LogP contribution in [0.2, 0.25) is 0 Å². The molecule has 0 aromatic carbocycles. The number of carbonyl (C=O) groups excluding carboxylic acids is 1. The molecule has 0 radical (unpaired) electrons. The molecule has 0 N–H and O–H groups in total. The number of halogens is 1. The van der Waals surface area contributed by atoms with Gasteiger partial charge < -0.3 is 9.47 Å². The zero-order chi connectivity index (χ0) is 7.28. The zero-order valence-electron chi connectivity index (χ0n) is 5.02. The summed E-state index contributed by atoms with van der Waals surface area (Å²) in [5, 5.41) is 0. The number of ether oxygens (including phenoxy) is 2. The Morgan fingerprint density at radius 1 is 1.78 bits per heavy atom. The third-order valence-corrected chi connectivity index (χ3v) is 0.742. The van der Waals surface area contributed by atoms with Gasteiger partial charge in [0.25, 0.3) is 0 Å². The SMILES string of the molecule is C=C(Br)COC(=O)OC. The maximum absolute atomic E-state index is 10.2. The average molecular weight is 195 g/mol. The van der Waals surface area contributed by atoms with Gasteiger partial charge in [-0.05, 0) is 0 Å². The van der Waals surface area contributed by atoms with Gasteiger partial charge in [0.2, 0.25) is 0 Å². The number of rotatable bonds is 2. The van der Waals surface area contributed by atoms with Crippen LogP contribution in [-0.4, -0.2) is 19.9 Å². The van der Waals surface area contributed by atoms with Crippen molar-refractivity contribution in [1.82, 2.24) is 0 Å². The van der Waals surface area contributed by atoms with Gasteiger partial charge in [0.05, 0.1) is 7.11 Å². The molecule has 0 rings (SSSR count). The summed E-state index contributed by atoms with van der Waals surface area (Å²) in [6.07, 6.45) is -0.699. The zero-order valence-corrected chi connectivity index (χ0v) is 6.60. The lowest BCUT2D eigenvalue weighted by atomic mass is 10.7. The van der Waals surface area contributed by atoms with Gasteiger partial charge in [-0.2, -0.15) is 0 Å². The summed E-state index contributed by atoms with van der Waals surface area (Å²) < 4.78 is 9.23. The van der Waals surface area contributed by atoms with Crippen molar-refractivity contribution in [2.75, 3.05) is 13.7 Å². The molecule has 9 heavy (non-hydrogen) atoms. The minimum absolute atomic E-state index is 0.146. The van der Waals surface area contributed by atoms with E-state index in [4.69, 9.17) is 0 Å². The van der Waals surface area contributed by atoms with Gasteiger partial charge >= 0.3 is 6.16 Å². The molecule has 0 aromatic rings. The first-order valence-corrected chi connectivity index (χ1v) is 3.00. The Bertz CT molecular complexity index is 121. The lowest BCUT2D eigenvalue weighted by Gasteiger charge is -1.98. The Labute approximate surface area is 61.8 Å². The summed E-state index contributed by atoms with van der Waals surface area (Å²) in [4.78, 5) is 10.2. The van der Waals surface area contributed by atoms with E-state index < -0.39 is 6.16 Å². The number of hydrogen-bond donors (Lipinski definition) is 0. The smallest absolute Gasteiger partial charge is 0.438 e. The number of carbonyl (C=O) groups is 1. The second kappa shape index (κ2) is 4.38. The van der Waals surface area contributed by atoms with Gasteiger partial charge in [0.1, 0.15) is 6.61 Å². The molecular formula is C5H7BrO3. The van der Waals surface area contributed by atoms with Crippen LogP contribution >= 0.6 is 15.9 Å². The summed E-state index contributed by atoms with van der Waals surface area (Å²) in [6.45, 7) is 3.59. The summed E-state index contributed by atoms with van der Waals surface area (Å²) >= 11 is 3.00. The summed E-state index contributed by atoms with van der Waals surface area (Å²) in [6, 6.07) is 0. The third kappa shape index (κ3) is 5.36. The van der Waals surface area contributed by atoms with Crippen LogP contribution < -0.4 is 0 Å². The highest BCUT2D eigenvalue weighted by Crippen LogP contribution is 2.00. The highest BCUT2D eigenvalue weighted by atomic mass is 79.9. The van der Waals surface area contributed by atoms with Crippen LogP contribution in [-0.2, 0) is 9.47 Å². The van der Waals surface area contributed by atoms with E-state index in [9.17, 15) is 4.79 Å². The summed E-state index contributed by atoms with van der Waals surface area (Å²) in [5.74, 6) is 0. The normalized spacial score (nSPS) is 8.22. The van der Waals surface area contributed by atoms with E-state index in [2.05, 4.69) is 32.0 Å². The Hall–Kier alpha value is -0.510. The molecule has 0 unspecified atom stereocenters. The molecule has 0 saturated carbocycles. The van der Waals surface area contributed by atoms with E-state index in [1.165, 1.54) is 7.11 Å². The van der Waals surface area contributed by atoms with Crippen LogP contribution in [0.25, 0.3) is 0 Å². The minimum atomic E-state index is -0.699. The lowest BCUT2D eigenvalue weighted by Crippen LogP contribution is -2.04. The van der Waals surface area contributed by atoms with Gasteiger partial charge in [-0.15, -0.1) is 0 Å². The summed E-state index contributed by atoms with van der Waals surface area (Å²) in [7, 11) is 1.25. The third-order valence-electron chi connectivity index (χ3n) is 0.513. The van der Waals surface area contributed by atoms with Crippen molar-refractivity contribution in [3.63, 3.8) is 0 Å². The van der Waals surface area contributed by atoms with Crippen molar-refractivity contribution < 1.29 is 14.3 Å². The maximum atomic E-state index is 10.2. The molecule has 0 spiro atoms. The Morgan fingerprint density at radius 3 is 2.67 bits per heavy atom. The summed E-state index contributed by atoms with van der Waals surface area (Å²) in [5.41, 5.74) is 0. The van der Waals surface area contributed by atoms with Gasteiger partial charge in [0, 0.05) is 4.48 Å². The van der Waals surface area contributed by atoms with Crippen molar-refractivity contribution >= 4 is 22.1 Å². The van der Waals surface area contributed by atoms with Crippen molar-refractivity contribution in [2.24, 2.45) is 0 Å². The molecule has 0 aliphatic carbocycles. The van der Waals surface area contributed by atoms with E-state index in [1.54, 1.807) is 0 Å². The molecule has 0 atom stereocenters. The minimum Gasteiger partial charge on any atom is -0.438 e. The number of methoxy groups -OCH3 is 1. The van der Waals surface area contributed by atoms with E-state index >= 15 is 0 Å². The molecule has 0 aliphatic rings. The van der Waals surface area contributed by atoms with Gasteiger partial charge in [0.15, 0.2) is 0 Å². The molecule has 0 saturated heterocycles. The van der Waals surface area contributed by atoms with Gasteiger partial charge in [-0.1, -0.05) is 22.5 Å². The first-order valence-electron chi connectivity index (χ1n) is 2.21. The fourth-order valence-corrected chi connectivity index (χ4v) is 0.311. The maximum Gasteiger partial charge on any atom is 0.508 e. The van der Waals surface area contributed by atoms with Gasteiger partial charge in [-0.3, -0.25) is 0 Å². The van der Waals surface area contributed by atoms with Crippen LogP contribution in [0.1, 0.15) is 0 Å². The largest absolute Gasteiger partial charge is 0.508 e. The first-order chi connectivity index (χ1) is 4.16. The van der Waals surface area contributed by atoms with Crippen molar-refractivity contribution in [1.29, 1.82) is 0 Å². The standard InChI is InChI=1S/C5H7BrO3/c1-4(6)3-9-5(7)8-2/h1,3H2,2H3. The lowest BCUT2D eigenvalue weighted by molar-refractivity contribution is 0.0814. The van der Waals surface area contributed by atoms with Crippen molar-refractivity contribution in [3.05, 3.63) is 11.1 Å². The molecule has 0 fully saturated rings. The molecule has 0 bridgehead atoms. The van der Waals surface area contributed by atoms with Crippen LogP contribution in [0.4, 0.5) is 4.79 Å². The molecular weight excluding hydrogens is 188 g/mol. The second-order valence-corrected chi connectivity index (χ2v) is 2.38. The topological polar surface area (TPSA) is 35.5 Å². The molecule has 0 amide bonds. The Kier molecular flexibility index (Phi) is 4.13. The molecule has 0 heterocycles. The fourth-order valence-electron chi connectivity index (χ4n) is 0.196. The highest BCUT2D eigenvalue weighted by Gasteiger charge is 1.98. The second-order valence-electron chi connectivity index (χ2n) is 1.26. The number of hydrogen-bond acceptors (Lipinski definition) is 3. The highest BCUT2D eigenvalue weighted by molar-refractivity contribution is 9.11. The predicted molar refractivity (Wildman–Crippen MR) is 36.4 cm³/mol. The Morgan fingerprint density at radius 2 is 2.33 bits per heavy atom. The molecule has 0 aromatic heterocycles. The van der Waals surface area contributed by atoms with Crippen LogP contribution in [0.3, 0.4) is 0 Å². The van der Waals surface area contributed by atoms with E-state index in [0.717, 1.165) is 0 Å². The Balaban J connectivity index is 3.28. The predicted octanol–water partition coefficient (Wildman–Crippen LogP) is 1.68. The van der Waals surface area contributed by atoms with E-state index in [0.29, 0.717) is 4.48 Å². The van der Waals surface area contributed by atoms with Crippen molar-refractivity contribution in [3.8, 4) is 0 Å². The average Bonchev–Trinajstić information content (AvgIpc) is 1.83. The molecule has 0 aliphatic heterocycles. The monoisotopic (exact) mass is 194 g/mol. The van der Waals surface area contributed by atoms with Crippen molar-refractivity contribution in [2.45, 2.75) is 0 Å². The van der Waals surface area contributed by atoms with Gasteiger partial charge in [-0.25, -0.2) is 4.79 Å².